The second kappa shape index (κ2) is 6.17. The summed E-state index contributed by atoms with van der Waals surface area (Å²) in [5, 5.41) is 2.95. The fourth-order valence-corrected chi connectivity index (χ4v) is 5.73. The number of hydrogen-bond donors (Lipinski definition) is 1. The van der Waals surface area contributed by atoms with E-state index in [4.69, 9.17) is 4.42 Å². The summed E-state index contributed by atoms with van der Waals surface area (Å²) < 4.78 is 33.1. The number of rotatable bonds is 5. The van der Waals surface area contributed by atoms with Crippen molar-refractivity contribution >= 4 is 26.0 Å². The van der Waals surface area contributed by atoms with Crippen molar-refractivity contribution in [2.24, 2.45) is 0 Å². The van der Waals surface area contributed by atoms with Crippen molar-refractivity contribution in [3.8, 4) is 0 Å². The Balaban J connectivity index is 2.39. The molecule has 0 spiro atoms. The molecule has 1 aromatic rings. The quantitative estimate of drug-likeness (QED) is 0.872. The molecule has 7 heteroatoms. The largest absolute Gasteiger partial charge is 0.452 e. The van der Waals surface area contributed by atoms with Crippen LogP contribution in [0.1, 0.15) is 38.9 Å². The minimum absolute atomic E-state index is 0.0412. The molecule has 20 heavy (non-hydrogen) atoms. The number of nitrogens with one attached hydrogen (secondary N) is 1. The van der Waals surface area contributed by atoms with Gasteiger partial charge in [-0.25, -0.2) is 8.42 Å². The molecule has 1 fully saturated rings. The Labute approximate surface area is 128 Å². The monoisotopic (exact) mass is 364 g/mol. The highest BCUT2D eigenvalue weighted by Crippen LogP contribution is 2.36. The predicted octanol–water partition coefficient (Wildman–Crippen LogP) is 2.71. The molecular formula is C13H21BrN2O3S. The minimum Gasteiger partial charge on any atom is -0.452 e. The maximum absolute atomic E-state index is 12.9. The normalized spacial score (nSPS) is 24.4. The maximum atomic E-state index is 12.9. The Morgan fingerprint density at radius 1 is 1.50 bits per heavy atom. The Kier molecular flexibility index (Phi) is 4.94. The van der Waals surface area contributed by atoms with E-state index in [1.54, 1.807) is 17.4 Å². The van der Waals surface area contributed by atoms with Crippen LogP contribution in [-0.4, -0.2) is 31.9 Å². The van der Waals surface area contributed by atoms with E-state index in [1.807, 2.05) is 13.8 Å². The lowest BCUT2D eigenvalue weighted by Gasteiger charge is -2.26. The Hall–Kier alpha value is -0.370. The second-order valence-corrected chi connectivity index (χ2v) is 7.74. The molecule has 2 heterocycles. The average molecular weight is 365 g/mol. The van der Waals surface area contributed by atoms with Gasteiger partial charge in [0.25, 0.3) is 0 Å². The van der Waals surface area contributed by atoms with E-state index in [1.165, 1.54) is 0 Å². The van der Waals surface area contributed by atoms with Crippen molar-refractivity contribution in [1.29, 1.82) is 0 Å². The lowest BCUT2D eigenvalue weighted by atomic mass is 10.2. The first kappa shape index (κ1) is 16.0. The molecule has 0 saturated carbocycles. The van der Waals surface area contributed by atoms with Crippen molar-refractivity contribution in [2.45, 2.75) is 56.6 Å². The van der Waals surface area contributed by atoms with Crippen LogP contribution in [0, 0.1) is 0 Å². The highest BCUT2D eigenvalue weighted by Gasteiger charge is 2.40. The third-order valence-electron chi connectivity index (χ3n) is 3.80. The van der Waals surface area contributed by atoms with E-state index in [0.717, 1.165) is 19.3 Å². The summed E-state index contributed by atoms with van der Waals surface area (Å²) in [7, 11) is -1.72. The number of halogens is 1. The van der Waals surface area contributed by atoms with Gasteiger partial charge in [0.05, 0.1) is 6.54 Å². The van der Waals surface area contributed by atoms with E-state index in [0.29, 0.717) is 12.3 Å². The van der Waals surface area contributed by atoms with E-state index >= 15 is 0 Å². The summed E-state index contributed by atoms with van der Waals surface area (Å²) in [6.45, 7) is 4.50. The van der Waals surface area contributed by atoms with Gasteiger partial charge in [-0.1, -0.05) is 6.92 Å². The summed E-state index contributed by atoms with van der Waals surface area (Å²) in [6.07, 6.45) is 2.68. The fourth-order valence-electron chi connectivity index (χ4n) is 2.81. The van der Waals surface area contributed by atoms with E-state index in [9.17, 15) is 8.42 Å². The molecule has 0 radical (unpaired) electrons. The van der Waals surface area contributed by atoms with Crippen molar-refractivity contribution in [2.75, 3.05) is 7.05 Å². The molecule has 114 valence electrons. The van der Waals surface area contributed by atoms with E-state index in [-0.39, 0.29) is 21.6 Å². The molecule has 1 aliphatic heterocycles. The van der Waals surface area contributed by atoms with E-state index in [2.05, 4.69) is 21.2 Å². The van der Waals surface area contributed by atoms with Crippen LogP contribution >= 0.6 is 15.9 Å². The van der Waals surface area contributed by atoms with Gasteiger partial charge in [0, 0.05) is 18.2 Å². The zero-order valence-electron chi connectivity index (χ0n) is 12.0. The maximum Gasteiger partial charge on any atom is 0.247 e. The second-order valence-electron chi connectivity index (χ2n) is 5.20. The molecule has 0 bridgehead atoms. The van der Waals surface area contributed by atoms with Crippen molar-refractivity contribution in [1.82, 2.24) is 9.62 Å². The van der Waals surface area contributed by atoms with Crippen molar-refractivity contribution in [3.05, 3.63) is 16.5 Å². The molecule has 2 unspecified atom stereocenters. The van der Waals surface area contributed by atoms with Gasteiger partial charge in [0.15, 0.2) is 4.67 Å². The van der Waals surface area contributed by atoms with Gasteiger partial charge in [0.1, 0.15) is 10.7 Å². The van der Waals surface area contributed by atoms with Gasteiger partial charge in [0.2, 0.25) is 10.0 Å². The van der Waals surface area contributed by atoms with Gasteiger partial charge in [-0.15, -0.1) is 0 Å². The van der Waals surface area contributed by atoms with Gasteiger partial charge in [-0.05, 0) is 49.2 Å². The molecule has 5 nitrogen and oxygen atoms in total. The Bertz CT molecular complexity index is 570. The van der Waals surface area contributed by atoms with Crippen LogP contribution in [0.2, 0.25) is 0 Å². The first-order valence-electron chi connectivity index (χ1n) is 6.88. The van der Waals surface area contributed by atoms with Crippen LogP contribution in [-0.2, 0) is 16.6 Å². The topological polar surface area (TPSA) is 62.6 Å². The standard InChI is InChI=1S/C13H21BrN2O3S/c1-4-10-6-5-9(2)16(10)20(17,18)12-7-11(8-15-3)19-13(12)14/h7,9-10,15H,4-6,8H2,1-3H3. The fraction of sp³-hybridized carbons (Fsp3) is 0.692. The van der Waals surface area contributed by atoms with Crippen LogP contribution in [0.25, 0.3) is 0 Å². The van der Waals surface area contributed by atoms with Gasteiger partial charge in [-0.2, -0.15) is 4.31 Å². The minimum atomic E-state index is -3.51. The summed E-state index contributed by atoms with van der Waals surface area (Å²) >= 11 is 3.23. The molecule has 2 rings (SSSR count). The van der Waals surface area contributed by atoms with Gasteiger partial charge < -0.3 is 9.73 Å². The van der Waals surface area contributed by atoms with Crippen LogP contribution in [0.3, 0.4) is 0 Å². The van der Waals surface area contributed by atoms with Crippen molar-refractivity contribution < 1.29 is 12.8 Å². The summed E-state index contributed by atoms with van der Waals surface area (Å²) in [5.74, 6) is 0.609. The van der Waals surface area contributed by atoms with Crippen LogP contribution in [0.5, 0.6) is 0 Å². The third-order valence-corrected chi connectivity index (χ3v) is 6.72. The van der Waals surface area contributed by atoms with Crippen LogP contribution in [0.4, 0.5) is 0 Å². The first-order valence-corrected chi connectivity index (χ1v) is 9.11. The molecular weight excluding hydrogens is 344 g/mol. The Morgan fingerprint density at radius 3 is 2.80 bits per heavy atom. The smallest absolute Gasteiger partial charge is 0.247 e. The third kappa shape index (κ3) is 2.81. The lowest BCUT2D eigenvalue weighted by Crippen LogP contribution is -2.39. The lowest BCUT2D eigenvalue weighted by molar-refractivity contribution is 0.328. The zero-order valence-corrected chi connectivity index (χ0v) is 14.4. The van der Waals surface area contributed by atoms with Crippen molar-refractivity contribution in [3.63, 3.8) is 0 Å². The number of nitrogens with zero attached hydrogens (tertiary/aromatic N) is 1. The highest BCUT2D eigenvalue weighted by molar-refractivity contribution is 9.10. The zero-order chi connectivity index (χ0) is 14.9. The molecule has 1 N–H and O–H groups in total. The van der Waals surface area contributed by atoms with Gasteiger partial charge in [-0.3, -0.25) is 0 Å². The van der Waals surface area contributed by atoms with Gasteiger partial charge >= 0.3 is 0 Å². The molecule has 1 saturated heterocycles. The molecule has 1 aromatic heterocycles. The van der Waals surface area contributed by atoms with E-state index < -0.39 is 10.0 Å². The molecule has 1 aliphatic rings. The molecule has 0 aliphatic carbocycles. The highest BCUT2D eigenvalue weighted by atomic mass is 79.9. The number of furan rings is 1. The summed E-state index contributed by atoms with van der Waals surface area (Å²) in [5.41, 5.74) is 0. The number of sulfonamides is 1. The summed E-state index contributed by atoms with van der Waals surface area (Å²) in [6, 6.07) is 1.73. The van der Waals surface area contributed by atoms with Crippen LogP contribution < -0.4 is 5.32 Å². The van der Waals surface area contributed by atoms with Crippen LogP contribution in [0.15, 0.2) is 20.0 Å². The number of hydrogen-bond acceptors (Lipinski definition) is 4. The molecule has 2 atom stereocenters. The molecule has 0 amide bonds. The summed E-state index contributed by atoms with van der Waals surface area (Å²) in [4.78, 5) is 0.231. The SMILES string of the molecule is CCC1CCC(C)N1S(=O)(=O)c1cc(CNC)oc1Br. The molecule has 0 aromatic carbocycles. The first-order chi connectivity index (χ1) is 9.41. The predicted molar refractivity (Wildman–Crippen MR) is 81.0 cm³/mol. The average Bonchev–Trinajstić information content (AvgIpc) is 2.93. The Morgan fingerprint density at radius 2 is 2.20 bits per heavy atom.